The lowest BCUT2D eigenvalue weighted by molar-refractivity contribution is -0.144. The SMILES string of the molecule is CNc1cc(N(CCO)CC(F)(F)F)nc(C(F)(F)F)n1. The monoisotopic (exact) mass is 318 g/mol. The second-order valence-electron chi connectivity index (χ2n) is 3.94. The summed E-state index contributed by atoms with van der Waals surface area (Å²) in [4.78, 5) is 6.74. The summed E-state index contributed by atoms with van der Waals surface area (Å²) in [5.74, 6) is -2.42. The number of aliphatic hydroxyl groups excluding tert-OH is 1. The van der Waals surface area contributed by atoms with Gasteiger partial charge in [-0.25, -0.2) is 9.97 Å². The van der Waals surface area contributed by atoms with Gasteiger partial charge in [-0.2, -0.15) is 26.3 Å². The van der Waals surface area contributed by atoms with Crippen molar-refractivity contribution >= 4 is 11.6 Å². The molecule has 0 atom stereocenters. The van der Waals surface area contributed by atoms with Crippen LogP contribution in [0.1, 0.15) is 5.82 Å². The minimum absolute atomic E-state index is 0.280. The fourth-order valence-electron chi connectivity index (χ4n) is 1.46. The second kappa shape index (κ2) is 6.33. The van der Waals surface area contributed by atoms with Gasteiger partial charge in [0.15, 0.2) is 0 Å². The molecule has 1 aromatic heterocycles. The topological polar surface area (TPSA) is 61.3 Å². The fraction of sp³-hybridized carbons (Fsp3) is 0.600. The number of anilines is 2. The van der Waals surface area contributed by atoms with E-state index in [0.29, 0.717) is 4.90 Å². The van der Waals surface area contributed by atoms with E-state index in [0.717, 1.165) is 6.07 Å². The Kier molecular flexibility index (Phi) is 5.20. The molecule has 0 aromatic carbocycles. The molecule has 11 heteroatoms. The van der Waals surface area contributed by atoms with Gasteiger partial charge in [0.1, 0.15) is 18.2 Å². The van der Waals surface area contributed by atoms with E-state index in [4.69, 9.17) is 5.11 Å². The molecule has 120 valence electrons. The van der Waals surface area contributed by atoms with Gasteiger partial charge in [-0.05, 0) is 0 Å². The first-order valence-corrected chi connectivity index (χ1v) is 5.63. The van der Waals surface area contributed by atoms with E-state index >= 15 is 0 Å². The molecule has 0 saturated carbocycles. The van der Waals surface area contributed by atoms with E-state index < -0.39 is 43.7 Å². The molecule has 1 rings (SSSR count). The lowest BCUT2D eigenvalue weighted by Gasteiger charge is -2.25. The number of hydrogen-bond acceptors (Lipinski definition) is 5. The van der Waals surface area contributed by atoms with E-state index in [1.807, 2.05) is 0 Å². The molecule has 5 nitrogen and oxygen atoms in total. The van der Waals surface area contributed by atoms with Gasteiger partial charge in [0.05, 0.1) is 6.61 Å². The summed E-state index contributed by atoms with van der Waals surface area (Å²) in [5, 5.41) is 11.1. The van der Waals surface area contributed by atoms with Crippen molar-refractivity contribution in [1.82, 2.24) is 9.97 Å². The van der Waals surface area contributed by atoms with Gasteiger partial charge in [-0.3, -0.25) is 0 Å². The molecule has 0 aliphatic heterocycles. The minimum atomic E-state index is -4.90. The Bertz CT molecular complexity index is 476. The molecule has 1 aromatic rings. The van der Waals surface area contributed by atoms with E-state index in [2.05, 4.69) is 15.3 Å². The predicted molar refractivity (Wildman–Crippen MR) is 61.9 cm³/mol. The summed E-state index contributed by atoms with van der Waals surface area (Å²) >= 11 is 0. The van der Waals surface area contributed by atoms with Crippen molar-refractivity contribution in [3.8, 4) is 0 Å². The van der Waals surface area contributed by atoms with Gasteiger partial charge in [0, 0.05) is 19.7 Å². The highest BCUT2D eigenvalue weighted by molar-refractivity contribution is 5.49. The average molecular weight is 318 g/mol. The lowest BCUT2D eigenvalue weighted by atomic mass is 10.4. The Balaban J connectivity index is 3.23. The van der Waals surface area contributed by atoms with Crippen LogP contribution in [0.3, 0.4) is 0 Å². The molecule has 0 aliphatic rings. The Hall–Kier alpha value is -1.78. The molecular formula is C10H12F6N4O. The fourth-order valence-corrected chi connectivity index (χ4v) is 1.46. The highest BCUT2D eigenvalue weighted by Crippen LogP contribution is 2.30. The smallest absolute Gasteiger partial charge is 0.395 e. The minimum Gasteiger partial charge on any atom is -0.395 e. The van der Waals surface area contributed by atoms with Gasteiger partial charge in [-0.15, -0.1) is 0 Å². The van der Waals surface area contributed by atoms with Crippen molar-refractivity contribution in [1.29, 1.82) is 0 Å². The van der Waals surface area contributed by atoms with Crippen LogP contribution in [0.5, 0.6) is 0 Å². The Labute approximate surface area is 115 Å². The molecule has 0 spiro atoms. The van der Waals surface area contributed by atoms with Crippen molar-refractivity contribution < 1.29 is 31.4 Å². The van der Waals surface area contributed by atoms with Crippen molar-refractivity contribution in [3.05, 3.63) is 11.9 Å². The number of hydrogen-bond donors (Lipinski definition) is 2. The number of aliphatic hydroxyl groups is 1. The Morgan fingerprint density at radius 1 is 1.19 bits per heavy atom. The molecule has 21 heavy (non-hydrogen) atoms. The molecule has 0 bridgehead atoms. The number of alkyl halides is 6. The summed E-state index contributed by atoms with van der Waals surface area (Å²) in [6, 6.07) is 0.941. The maximum absolute atomic E-state index is 12.6. The molecule has 0 amide bonds. The third-order valence-electron chi connectivity index (χ3n) is 2.29. The molecule has 2 N–H and O–H groups in total. The van der Waals surface area contributed by atoms with Crippen molar-refractivity contribution in [2.45, 2.75) is 12.4 Å². The molecule has 0 saturated heterocycles. The molecule has 1 heterocycles. The quantitative estimate of drug-likeness (QED) is 0.812. The van der Waals surface area contributed by atoms with Gasteiger partial charge < -0.3 is 15.3 Å². The zero-order valence-electron chi connectivity index (χ0n) is 10.8. The highest BCUT2D eigenvalue weighted by Gasteiger charge is 2.37. The molecule has 0 unspecified atom stereocenters. The zero-order chi connectivity index (χ0) is 16.3. The maximum Gasteiger partial charge on any atom is 0.451 e. The van der Waals surface area contributed by atoms with Crippen molar-refractivity contribution in [2.75, 3.05) is 37.0 Å². The third-order valence-corrected chi connectivity index (χ3v) is 2.29. The summed E-state index contributed by atoms with van der Waals surface area (Å²) in [5.41, 5.74) is 0. The summed E-state index contributed by atoms with van der Waals surface area (Å²) in [6.45, 7) is -2.72. The summed E-state index contributed by atoms with van der Waals surface area (Å²) < 4.78 is 75.2. The predicted octanol–water partition coefficient (Wildman–Crippen LogP) is 1.90. The average Bonchev–Trinajstić information content (AvgIpc) is 2.35. The van der Waals surface area contributed by atoms with Crippen LogP contribution in [-0.2, 0) is 6.18 Å². The van der Waals surface area contributed by atoms with Crippen LogP contribution in [0.2, 0.25) is 0 Å². The number of nitrogens with zero attached hydrogens (tertiary/aromatic N) is 3. The molecule has 0 fully saturated rings. The standard InChI is InChI=1S/C10H12F6N4O/c1-17-6-4-7(19-8(18-6)10(14,15)16)20(2-3-21)5-9(11,12)13/h4,21H,2-3,5H2,1H3,(H,17,18,19). The first kappa shape index (κ1) is 17.3. The van der Waals surface area contributed by atoms with Crippen LogP contribution in [0, 0.1) is 0 Å². The van der Waals surface area contributed by atoms with Crippen LogP contribution in [-0.4, -0.2) is 48.0 Å². The maximum atomic E-state index is 12.6. The number of rotatable bonds is 5. The molecule has 0 radical (unpaired) electrons. The number of halogens is 6. The van der Waals surface area contributed by atoms with Crippen molar-refractivity contribution in [3.63, 3.8) is 0 Å². The normalized spacial score (nSPS) is 12.4. The van der Waals surface area contributed by atoms with Gasteiger partial charge in [0.25, 0.3) is 0 Å². The first-order chi connectivity index (χ1) is 9.56. The molecule has 0 aliphatic carbocycles. The van der Waals surface area contributed by atoms with Crippen molar-refractivity contribution in [2.24, 2.45) is 0 Å². The number of nitrogens with one attached hydrogen (secondary N) is 1. The van der Waals surface area contributed by atoms with Crippen LogP contribution in [0.15, 0.2) is 6.07 Å². The van der Waals surface area contributed by atoms with Crippen LogP contribution < -0.4 is 10.2 Å². The number of aromatic nitrogens is 2. The molecular weight excluding hydrogens is 306 g/mol. The van der Waals surface area contributed by atoms with Crippen LogP contribution >= 0.6 is 0 Å². The summed E-state index contributed by atoms with van der Waals surface area (Å²) in [6.07, 6.45) is -9.55. The van der Waals surface area contributed by atoms with Crippen LogP contribution in [0.25, 0.3) is 0 Å². The Morgan fingerprint density at radius 2 is 1.81 bits per heavy atom. The lowest BCUT2D eigenvalue weighted by Crippen LogP contribution is -2.37. The van der Waals surface area contributed by atoms with E-state index in [-0.39, 0.29) is 5.82 Å². The van der Waals surface area contributed by atoms with Crippen LogP contribution in [0.4, 0.5) is 38.0 Å². The van der Waals surface area contributed by atoms with Gasteiger partial charge in [-0.1, -0.05) is 0 Å². The van der Waals surface area contributed by atoms with Gasteiger partial charge >= 0.3 is 12.4 Å². The third kappa shape index (κ3) is 5.25. The zero-order valence-corrected chi connectivity index (χ0v) is 10.8. The van der Waals surface area contributed by atoms with E-state index in [1.165, 1.54) is 7.05 Å². The van der Waals surface area contributed by atoms with E-state index in [9.17, 15) is 26.3 Å². The second-order valence-corrected chi connectivity index (χ2v) is 3.94. The Morgan fingerprint density at radius 3 is 2.24 bits per heavy atom. The first-order valence-electron chi connectivity index (χ1n) is 5.63. The van der Waals surface area contributed by atoms with E-state index in [1.54, 1.807) is 0 Å². The summed E-state index contributed by atoms with van der Waals surface area (Å²) in [7, 11) is 1.27. The van der Waals surface area contributed by atoms with Gasteiger partial charge in [0.2, 0.25) is 5.82 Å². The largest absolute Gasteiger partial charge is 0.451 e. The highest BCUT2D eigenvalue weighted by atomic mass is 19.4.